The van der Waals surface area contributed by atoms with Crippen molar-refractivity contribution in [3.8, 4) is 11.5 Å². The minimum Gasteiger partial charge on any atom is -0.490 e. The number of ether oxygens (including phenoxy) is 3. The summed E-state index contributed by atoms with van der Waals surface area (Å²) in [5, 5.41) is 53.3. The zero-order chi connectivity index (χ0) is 22.5. The van der Waals surface area contributed by atoms with E-state index in [1.54, 1.807) is 24.3 Å². The maximum Gasteiger partial charge on any atom is 0.231 e. The van der Waals surface area contributed by atoms with E-state index in [0.29, 0.717) is 28.8 Å². The molecule has 1 aliphatic rings. The fraction of sp³-hybridized carbons (Fsp3) is 0.524. The van der Waals surface area contributed by atoms with Gasteiger partial charge in [-0.05, 0) is 12.1 Å². The van der Waals surface area contributed by atoms with Crippen molar-refractivity contribution in [2.24, 2.45) is 0 Å². The van der Waals surface area contributed by atoms with Gasteiger partial charge in [0, 0.05) is 23.4 Å². The number of hydrogen-bond acceptors (Lipinski definition) is 10. The minimum atomic E-state index is -1.65. The lowest BCUT2D eigenvalue weighted by Gasteiger charge is -2.38. The van der Waals surface area contributed by atoms with Gasteiger partial charge in [0.1, 0.15) is 42.5 Å². The number of nitrogens with one attached hydrogen (secondary N) is 1. The van der Waals surface area contributed by atoms with E-state index in [1.807, 2.05) is 26.0 Å². The molecule has 0 spiro atoms. The van der Waals surface area contributed by atoms with Crippen LogP contribution in [0.3, 0.4) is 0 Å². The Bertz CT molecular complexity index is 847. The van der Waals surface area contributed by atoms with Crippen LogP contribution in [0.2, 0.25) is 0 Å². The Morgan fingerprint density at radius 1 is 0.935 bits per heavy atom. The first-order valence-electron chi connectivity index (χ1n) is 10.0. The van der Waals surface area contributed by atoms with Crippen molar-refractivity contribution in [3.05, 3.63) is 36.4 Å². The van der Waals surface area contributed by atoms with Crippen molar-refractivity contribution in [3.63, 3.8) is 0 Å². The molecule has 2 aromatic rings. The highest BCUT2D eigenvalue weighted by molar-refractivity contribution is 5.93. The smallest absolute Gasteiger partial charge is 0.231 e. The lowest BCUT2D eigenvalue weighted by Crippen LogP contribution is -2.59. The van der Waals surface area contributed by atoms with E-state index in [-0.39, 0.29) is 12.6 Å². The molecule has 3 rings (SSSR count). The van der Waals surface area contributed by atoms with Crippen molar-refractivity contribution in [2.45, 2.75) is 56.9 Å². The fourth-order valence-electron chi connectivity index (χ4n) is 3.22. The summed E-state index contributed by atoms with van der Waals surface area (Å²) in [5.41, 5.74) is 0. The van der Waals surface area contributed by atoms with Crippen LogP contribution >= 0.6 is 0 Å². The van der Waals surface area contributed by atoms with E-state index in [9.17, 15) is 20.4 Å². The monoisotopic (exact) mass is 439 g/mol. The summed E-state index contributed by atoms with van der Waals surface area (Å²) >= 11 is 0. The van der Waals surface area contributed by atoms with Crippen LogP contribution in [0.5, 0.6) is 11.5 Å². The predicted molar refractivity (Wildman–Crippen MR) is 110 cm³/mol. The van der Waals surface area contributed by atoms with Gasteiger partial charge in [-0.3, -0.25) is 0 Å². The van der Waals surface area contributed by atoms with Gasteiger partial charge >= 0.3 is 0 Å². The summed E-state index contributed by atoms with van der Waals surface area (Å²) < 4.78 is 16.7. The molecular weight excluding hydrogens is 410 g/mol. The van der Waals surface area contributed by atoms with Crippen LogP contribution in [0, 0.1) is 0 Å². The Hall–Kier alpha value is -2.02. The summed E-state index contributed by atoms with van der Waals surface area (Å²) in [7, 11) is 0. The Kier molecular flexibility index (Phi) is 8.03. The van der Waals surface area contributed by atoms with Crippen molar-refractivity contribution in [2.75, 3.05) is 13.2 Å². The zero-order valence-corrected chi connectivity index (χ0v) is 17.3. The molecule has 6 atom stereocenters. The second kappa shape index (κ2) is 10.5. The molecule has 0 bridgehead atoms. The summed E-state index contributed by atoms with van der Waals surface area (Å²) in [6.07, 6.45) is -8.56. The number of aliphatic hydroxyl groups excluding tert-OH is 4. The standard InChI is InChI=1S/C21H29NO9/c1-11(2)22-9-12(23)10-28-15-7-8-16(14-6-4-3-5-13(14)15)29-20-18(25)17(24)19(26)21(30-20)31-27/h3-8,11-12,17-27H,9-10H2,1-2H3/t12?,17-,18-,19+,20?,21?/m1/s1. The predicted octanol–water partition coefficient (Wildman–Crippen LogP) is 0.211. The summed E-state index contributed by atoms with van der Waals surface area (Å²) in [6.45, 7) is 4.46. The minimum absolute atomic E-state index is 0.0912. The lowest BCUT2D eigenvalue weighted by atomic mass is 10.0. The van der Waals surface area contributed by atoms with Crippen LogP contribution in [0.4, 0.5) is 0 Å². The molecule has 1 heterocycles. The molecule has 0 amide bonds. The first-order chi connectivity index (χ1) is 14.8. The average Bonchev–Trinajstić information content (AvgIpc) is 2.77. The van der Waals surface area contributed by atoms with E-state index in [2.05, 4.69) is 10.2 Å². The Labute approximate surface area is 179 Å². The number of rotatable bonds is 9. The molecule has 6 N–H and O–H groups in total. The number of aliphatic hydroxyl groups is 4. The number of benzene rings is 2. The van der Waals surface area contributed by atoms with Crippen LogP contribution in [0.25, 0.3) is 10.8 Å². The summed E-state index contributed by atoms with van der Waals surface area (Å²) in [6, 6.07) is 10.7. The normalized spacial score (nSPS) is 27.4. The molecule has 1 saturated heterocycles. The summed E-state index contributed by atoms with van der Waals surface area (Å²) in [5.74, 6) is 0.845. The van der Waals surface area contributed by atoms with E-state index >= 15 is 0 Å². The van der Waals surface area contributed by atoms with Gasteiger partial charge in [0.2, 0.25) is 12.6 Å². The topological polar surface area (TPSA) is 150 Å². The molecular formula is C21H29NO9. The SMILES string of the molecule is CC(C)NCC(O)COc1ccc(OC2OC(OO)[C@@H](O)[C@H](O)[C@H]2O)c2ccccc12. The third-order valence-electron chi connectivity index (χ3n) is 4.91. The van der Waals surface area contributed by atoms with Crippen LogP contribution < -0.4 is 14.8 Å². The molecule has 1 aliphatic heterocycles. The molecule has 31 heavy (non-hydrogen) atoms. The first kappa shape index (κ1) is 23.6. The number of fused-ring (bicyclic) bond motifs is 1. The van der Waals surface area contributed by atoms with Gasteiger partial charge in [0.05, 0.1) is 0 Å². The van der Waals surface area contributed by atoms with Gasteiger partial charge in [0.25, 0.3) is 0 Å². The molecule has 0 aliphatic carbocycles. The Morgan fingerprint density at radius 3 is 2.19 bits per heavy atom. The molecule has 2 aromatic carbocycles. The van der Waals surface area contributed by atoms with Gasteiger partial charge in [-0.2, -0.15) is 0 Å². The zero-order valence-electron chi connectivity index (χ0n) is 17.3. The Morgan fingerprint density at radius 2 is 1.55 bits per heavy atom. The van der Waals surface area contributed by atoms with E-state index in [0.717, 1.165) is 0 Å². The van der Waals surface area contributed by atoms with Crippen LogP contribution in [-0.4, -0.2) is 81.9 Å². The highest BCUT2D eigenvalue weighted by atomic mass is 17.1. The van der Waals surface area contributed by atoms with E-state index < -0.39 is 37.0 Å². The first-order valence-corrected chi connectivity index (χ1v) is 10.0. The molecule has 1 fully saturated rings. The molecule has 3 unspecified atom stereocenters. The third-order valence-corrected chi connectivity index (χ3v) is 4.91. The van der Waals surface area contributed by atoms with E-state index in [1.165, 1.54) is 0 Å². The molecule has 0 radical (unpaired) electrons. The van der Waals surface area contributed by atoms with Crippen LogP contribution in [0.1, 0.15) is 13.8 Å². The average molecular weight is 439 g/mol. The highest BCUT2D eigenvalue weighted by Crippen LogP contribution is 2.35. The second-order valence-corrected chi connectivity index (χ2v) is 7.70. The summed E-state index contributed by atoms with van der Waals surface area (Å²) in [4.78, 5) is 4.01. The molecule has 0 saturated carbocycles. The maximum atomic E-state index is 10.2. The molecule has 10 nitrogen and oxygen atoms in total. The lowest BCUT2D eigenvalue weighted by molar-refractivity contribution is -0.419. The van der Waals surface area contributed by atoms with E-state index in [4.69, 9.17) is 19.5 Å². The third kappa shape index (κ3) is 5.62. The van der Waals surface area contributed by atoms with Gasteiger partial charge < -0.3 is 40.0 Å². The van der Waals surface area contributed by atoms with Crippen molar-refractivity contribution in [1.82, 2.24) is 5.32 Å². The van der Waals surface area contributed by atoms with Gasteiger partial charge in [-0.1, -0.05) is 38.1 Å². The largest absolute Gasteiger partial charge is 0.490 e. The fourth-order valence-corrected chi connectivity index (χ4v) is 3.22. The highest BCUT2D eigenvalue weighted by Gasteiger charge is 2.46. The van der Waals surface area contributed by atoms with Crippen molar-refractivity contribution < 1.29 is 44.8 Å². The Balaban J connectivity index is 1.76. The van der Waals surface area contributed by atoms with Gasteiger partial charge in [-0.15, -0.1) is 0 Å². The molecule has 0 aromatic heterocycles. The quantitative estimate of drug-likeness (QED) is 0.236. The van der Waals surface area contributed by atoms with Crippen molar-refractivity contribution in [1.29, 1.82) is 0 Å². The van der Waals surface area contributed by atoms with Gasteiger partial charge in [0.15, 0.2) is 0 Å². The maximum absolute atomic E-state index is 10.2. The second-order valence-electron chi connectivity index (χ2n) is 7.70. The van der Waals surface area contributed by atoms with Crippen LogP contribution in [0.15, 0.2) is 36.4 Å². The molecule has 10 heteroatoms. The van der Waals surface area contributed by atoms with Crippen LogP contribution in [-0.2, 0) is 9.62 Å². The molecule has 172 valence electrons. The van der Waals surface area contributed by atoms with Crippen molar-refractivity contribution >= 4 is 10.8 Å². The van der Waals surface area contributed by atoms with Gasteiger partial charge in [-0.25, -0.2) is 10.1 Å². The number of hydrogen-bond donors (Lipinski definition) is 6.